The molecule has 1 aliphatic heterocycles. The standard InChI is InChI=1S/C61H105NO10/c1-4-7-10-13-16-19-22-25-27-28-30-33-36-39-42-45-48-54(65)60(69)62-52(53(64)47-44-41-38-35-32-29-24-21-18-15-12-9-6-3)51-70-61-59(58(68)57(67)55(50-63)71-61)72-56(66)49-46-43-40-37-34-31-26-23-20-17-14-11-8-5-2/h7,10,16,19,25,27,30-31,33-34,39,42,44,47,52-55,57-59,61,63-65,67-68H,4-6,8-9,11-15,17-18,20-24,26,28-29,32,35-38,40-41,43,45-46,48-51H2,1-3H3,(H,62,69)/b10-7-,19-16-,27-25-,33-30-,34-31-,42-39-,47-44+. The second kappa shape index (κ2) is 48.8. The average Bonchev–Trinajstić information content (AvgIpc) is 3.38. The second-order valence-corrected chi connectivity index (χ2v) is 19.6. The van der Waals surface area contributed by atoms with E-state index in [9.17, 15) is 35.1 Å². The fourth-order valence-corrected chi connectivity index (χ4v) is 8.44. The largest absolute Gasteiger partial charge is 0.454 e. The van der Waals surface area contributed by atoms with Crippen LogP contribution in [0.25, 0.3) is 0 Å². The predicted octanol–water partition coefficient (Wildman–Crippen LogP) is 13.0. The summed E-state index contributed by atoms with van der Waals surface area (Å²) in [6.45, 7) is 5.61. The number of hydrogen-bond donors (Lipinski definition) is 6. The van der Waals surface area contributed by atoms with E-state index in [0.717, 1.165) is 83.5 Å². The van der Waals surface area contributed by atoms with Gasteiger partial charge in [-0.05, 0) is 89.9 Å². The molecule has 0 aliphatic carbocycles. The third kappa shape index (κ3) is 36.7. The lowest BCUT2D eigenvalue weighted by atomic mass is 9.99. The van der Waals surface area contributed by atoms with Gasteiger partial charge >= 0.3 is 5.97 Å². The van der Waals surface area contributed by atoms with Crippen molar-refractivity contribution in [2.45, 2.75) is 275 Å². The van der Waals surface area contributed by atoms with Crippen molar-refractivity contribution in [1.29, 1.82) is 0 Å². The first kappa shape index (κ1) is 66.9. The fraction of sp³-hybridized carbons (Fsp3) is 0.738. The highest BCUT2D eigenvalue weighted by Crippen LogP contribution is 2.26. The minimum Gasteiger partial charge on any atom is -0.454 e. The van der Waals surface area contributed by atoms with E-state index >= 15 is 0 Å². The van der Waals surface area contributed by atoms with E-state index in [0.29, 0.717) is 12.8 Å². The van der Waals surface area contributed by atoms with E-state index in [2.05, 4.69) is 86.8 Å². The highest BCUT2D eigenvalue weighted by molar-refractivity contribution is 5.80. The molecule has 1 saturated heterocycles. The van der Waals surface area contributed by atoms with Crippen molar-refractivity contribution >= 4 is 11.9 Å². The Kier molecular flexibility index (Phi) is 45.3. The number of ether oxygens (including phenoxy) is 3. The molecule has 1 heterocycles. The molecule has 0 radical (unpaired) electrons. The Balaban J connectivity index is 2.80. The van der Waals surface area contributed by atoms with Crippen molar-refractivity contribution < 1.29 is 49.3 Å². The van der Waals surface area contributed by atoms with Crippen molar-refractivity contribution in [1.82, 2.24) is 5.32 Å². The zero-order valence-electron chi connectivity index (χ0n) is 45.5. The molecular weight excluding hydrogens is 907 g/mol. The molecule has 11 nitrogen and oxygen atoms in total. The number of unbranched alkanes of at least 4 members (excludes halogenated alkanes) is 21. The van der Waals surface area contributed by atoms with Crippen LogP contribution >= 0.6 is 0 Å². The van der Waals surface area contributed by atoms with Gasteiger partial charge in [0.1, 0.15) is 24.4 Å². The molecule has 1 amide bonds. The van der Waals surface area contributed by atoms with Gasteiger partial charge in [0.15, 0.2) is 12.4 Å². The molecule has 11 heteroatoms. The maximum absolute atomic E-state index is 13.4. The summed E-state index contributed by atoms with van der Waals surface area (Å²) in [5.74, 6) is -1.28. The monoisotopic (exact) mass is 1010 g/mol. The SMILES string of the molecule is CC/C=C\C/C=C\C/C=C\C/C=C\C/C=C\CCC(O)C(=O)NC(COC1OC(CO)C(O)C(O)C1OC(=O)CCCCC/C=C\CCCCCCCCC)C(O)/C=C/CCCCCCCCCCCCC. The molecule has 1 fully saturated rings. The molecule has 8 unspecified atom stereocenters. The van der Waals surface area contributed by atoms with Gasteiger partial charge in [0, 0.05) is 6.42 Å². The summed E-state index contributed by atoms with van der Waals surface area (Å²) in [7, 11) is 0. The fourth-order valence-electron chi connectivity index (χ4n) is 8.44. The van der Waals surface area contributed by atoms with Crippen LogP contribution in [-0.2, 0) is 23.8 Å². The Hall–Kier alpha value is -3.16. The van der Waals surface area contributed by atoms with E-state index in [1.165, 1.54) is 96.3 Å². The van der Waals surface area contributed by atoms with E-state index in [-0.39, 0.29) is 19.4 Å². The van der Waals surface area contributed by atoms with Crippen LogP contribution in [-0.4, -0.2) is 99.6 Å². The lowest BCUT2D eigenvalue weighted by Crippen LogP contribution is -2.61. The second-order valence-electron chi connectivity index (χ2n) is 19.6. The van der Waals surface area contributed by atoms with Crippen LogP contribution in [0.5, 0.6) is 0 Å². The van der Waals surface area contributed by atoms with Crippen molar-refractivity contribution in [3.05, 3.63) is 85.1 Å². The van der Waals surface area contributed by atoms with Crippen molar-refractivity contribution in [2.24, 2.45) is 0 Å². The van der Waals surface area contributed by atoms with Gasteiger partial charge in [-0.15, -0.1) is 0 Å². The molecular formula is C61H105NO10. The number of hydrogen-bond acceptors (Lipinski definition) is 10. The van der Waals surface area contributed by atoms with Gasteiger partial charge in [-0.2, -0.15) is 0 Å². The summed E-state index contributed by atoms with van der Waals surface area (Å²) >= 11 is 0. The molecule has 6 N–H and O–H groups in total. The topological polar surface area (TPSA) is 175 Å². The first-order valence-electron chi connectivity index (χ1n) is 28.9. The van der Waals surface area contributed by atoms with Crippen LogP contribution in [0, 0.1) is 0 Å². The highest BCUT2D eigenvalue weighted by Gasteiger charge is 2.47. The number of carbonyl (C=O) groups excluding carboxylic acids is 2. The number of allylic oxidation sites excluding steroid dienone is 13. The first-order valence-corrected chi connectivity index (χ1v) is 28.9. The maximum atomic E-state index is 13.4. The Morgan fingerprint density at radius 3 is 1.50 bits per heavy atom. The lowest BCUT2D eigenvalue weighted by Gasteiger charge is -2.41. The summed E-state index contributed by atoms with van der Waals surface area (Å²) in [6, 6.07) is -1.06. The minimum atomic E-state index is -1.63. The number of esters is 1. The molecule has 0 aromatic carbocycles. The van der Waals surface area contributed by atoms with Gasteiger partial charge in [0.2, 0.25) is 5.91 Å². The average molecular weight is 1010 g/mol. The Morgan fingerprint density at radius 1 is 0.556 bits per heavy atom. The molecule has 1 rings (SSSR count). The third-order valence-corrected chi connectivity index (χ3v) is 13.0. The smallest absolute Gasteiger partial charge is 0.306 e. The Bertz CT molecular complexity index is 1490. The van der Waals surface area contributed by atoms with Crippen LogP contribution in [0.4, 0.5) is 0 Å². The zero-order chi connectivity index (χ0) is 52.5. The van der Waals surface area contributed by atoms with Gasteiger partial charge in [0.05, 0.1) is 25.4 Å². The molecule has 0 saturated carbocycles. The number of aliphatic hydroxyl groups is 5. The van der Waals surface area contributed by atoms with E-state index in [1.807, 2.05) is 18.2 Å². The molecule has 0 bridgehead atoms. The summed E-state index contributed by atoms with van der Waals surface area (Å²) in [5, 5.41) is 56.7. The molecule has 1 aliphatic rings. The van der Waals surface area contributed by atoms with Crippen LogP contribution in [0.15, 0.2) is 85.1 Å². The number of aliphatic hydroxyl groups excluding tert-OH is 5. The van der Waals surface area contributed by atoms with Crippen molar-refractivity contribution in [2.75, 3.05) is 13.2 Å². The third-order valence-electron chi connectivity index (χ3n) is 13.0. The maximum Gasteiger partial charge on any atom is 0.306 e. The normalized spacial score (nSPS) is 20.1. The van der Waals surface area contributed by atoms with Crippen LogP contribution in [0.1, 0.15) is 226 Å². The molecule has 72 heavy (non-hydrogen) atoms. The Morgan fingerprint density at radius 2 is 1.00 bits per heavy atom. The van der Waals surface area contributed by atoms with Gasteiger partial charge in [0.25, 0.3) is 0 Å². The van der Waals surface area contributed by atoms with E-state index in [4.69, 9.17) is 14.2 Å². The number of nitrogens with one attached hydrogen (secondary N) is 1. The van der Waals surface area contributed by atoms with E-state index < -0.39 is 67.4 Å². The van der Waals surface area contributed by atoms with Crippen LogP contribution < -0.4 is 5.32 Å². The molecule has 0 aromatic heterocycles. The molecule has 0 aromatic rings. The molecule has 8 atom stereocenters. The first-order chi connectivity index (χ1) is 35.2. The molecule has 414 valence electrons. The minimum absolute atomic E-state index is 0.0933. The number of rotatable bonds is 47. The summed E-state index contributed by atoms with van der Waals surface area (Å²) in [5.41, 5.74) is 0. The lowest BCUT2D eigenvalue weighted by molar-refractivity contribution is -0.305. The van der Waals surface area contributed by atoms with Crippen LogP contribution in [0.2, 0.25) is 0 Å². The Labute approximate surface area is 438 Å². The number of carbonyl (C=O) groups is 2. The highest BCUT2D eigenvalue weighted by atomic mass is 16.7. The van der Waals surface area contributed by atoms with Gasteiger partial charge in [-0.1, -0.05) is 215 Å². The quantitative estimate of drug-likeness (QED) is 0.0196. The predicted molar refractivity (Wildman–Crippen MR) is 296 cm³/mol. The summed E-state index contributed by atoms with van der Waals surface area (Å²) in [6.07, 6.45) is 52.1. The molecule has 0 spiro atoms. The van der Waals surface area contributed by atoms with E-state index in [1.54, 1.807) is 6.08 Å². The summed E-state index contributed by atoms with van der Waals surface area (Å²) in [4.78, 5) is 26.4. The van der Waals surface area contributed by atoms with Crippen LogP contribution in [0.3, 0.4) is 0 Å². The van der Waals surface area contributed by atoms with Gasteiger partial charge in [-0.3, -0.25) is 9.59 Å². The van der Waals surface area contributed by atoms with Gasteiger partial charge in [-0.25, -0.2) is 0 Å². The van der Waals surface area contributed by atoms with Crippen molar-refractivity contribution in [3.63, 3.8) is 0 Å². The van der Waals surface area contributed by atoms with Crippen molar-refractivity contribution in [3.8, 4) is 0 Å². The zero-order valence-corrected chi connectivity index (χ0v) is 45.5. The number of amides is 1. The van der Waals surface area contributed by atoms with Gasteiger partial charge < -0.3 is 45.1 Å². The summed E-state index contributed by atoms with van der Waals surface area (Å²) < 4.78 is 17.5.